The van der Waals surface area contributed by atoms with E-state index in [0.29, 0.717) is 17.9 Å². The molecule has 21 heavy (non-hydrogen) atoms. The van der Waals surface area contributed by atoms with Crippen LogP contribution in [0.1, 0.15) is 58.4 Å². The Kier molecular flexibility index (Phi) is 5.46. The molecule has 2 unspecified atom stereocenters. The SMILES string of the molecule is CCCNC(c1c(CC)oc2ccccc12)C(C)C(C)C. The van der Waals surface area contributed by atoms with Crippen LogP contribution < -0.4 is 5.32 Å². The van der Waals surface area contributed by atoms with Crippen molar-refractivity contribution in [1.29, 1.82) is 0 Å². The van der Waals surface area contributed by atoms with Crippen molar-refractivity contribution in [2.75, 3.05) is 6.54 Å². The molecule has 0 aliphatic heterocycles. The fourth-order valence-electron chi connectivity index (χ4n) is 2.96. The van der Waals surface area contributed by atoms with E-state index in [4.69, 9.17) is 4.42 Å². The van der Waals surface area contributed by atoms with Gasteiger partial charge in [-0.15, -0.1) is 0 Å². The molecule has 0 fully saturated rings. The fourth-order valence-corrected chi connectivity index (χ4v) is 2.96. The highest BCUT2D eigenvalue weighted by Crippen LogP contribution is 2.37. The highest BCUT2D eigenvalue weighted by atomic mass is 16.3. The Labute approximate surface area is 128 Å². The third-order valence-corrected chi connectivity index (χ3v) is 4.53. The van der Waals surface area contributed by atoms with Gasteiger partial charge in [-0.3, -0.25) is 0 Å². The average Bonchev–Trinajstić information content (AvgIpc) is 2.86. The Morgan fingerprint density at radius 2 is 1.81 bits per heavy atom. The third kappa shape index (κ3) is 3.32. The molecule has 2 atom stereocenters. The summed E-state index contributed by atoms with van der Waals surface area (Å²) < 4.78 is 6.10. The number of rotatable bonds is 7. The molecule has 0 bridgehead atoms. The minimum absolute atomic E-state index is 0.364. The smallest absolute Gasteiger partial charge is 0.134 e. The Morgan fingerprint density at radius 3 is 2.43 bits per heavy atom. The van der Waals surface area contributed by atoms with Crippen molar-refractivity contribution in [2.45, 2.75) is 53.5 Å². The van der Waals surface area contributed by atoms with E-state index in [0.717, 1.165) is 30.7 Å². The Hall–Kier alpha value is -1.28. The second kappa shape index (κ2) is 7.13. The van der Waals surface area contributed by atoms with E-state index in [-0.39, 0.29) is 0 Å². The number of benzene rings is 1. The molecule has 2 heteroatoms. The zero-order chi connectivity index (χ0) is 15.4. The van der Waals surface area contributed by atoms with Gasteiger partial charge in [-0.1, -0.05) is 52.8 Å². The van der Waals surface area contributed by atoms with Crippen molar-refractivity contribution in [3.63, 3.8) is 0 Å². The van der Waals surface area contributed by atoms with E-state index in [2.05, 4.69) is 64.2 Å². The third-order valence-electron chi connectivity index (χ3n) is 4.53. The van der Waals surface area contributed by atoms with Gasteiger partial charge >= 0.3 is 0 Å². The molecule has 1 N–H and O–H groups in total. The number of hydrogen-bond acceptors (Lipinski definition) is 2. The number of furan rings is 1. The van der Waals surface area contributed by atoms with Crippen LogP contribution in [0.5, 0.6) is 0 Å². The summed E-state index contributed by atoms with van der Waals surface area (Å²) in [7, 11) is 0. The van der Waals surface area contributed by atoms with Crippen LogP contribution in [-0.2, 0) is 6.42 Å². The van der Waals surface area contributed by atoms with Crippen LogP contribution in [-0.4, -0.2) is 6.54 Å². The van der Waals surface area contributed by atoms with Crippen LogP contribution in [0.3, 0.4) is 0 Å². The fraction of sp³-hybridized carbons (Fsp3) is 0.579. The lowest BCUT2D eigenvalue weighted by Gasteiger charge is -2.28. The first-order valence-corrected chi connectivity index (χ1v) is 8.33. The molecule has 2 nitrogen and oxygen atoms in total. The van der Waals surface area contributed by atoms with E-state index in [9.17, 15) is 0 Å². The van der Waals surface area contributed by atoms with E-state index >= 15 is 0 Å². The molecule has 2 rings (SSSR count). The minimum atomic E-state index is 0.364. The zero-order valence-corrected chi connectivity index (χ0v) is 14.1. The quantitative estimate of drug-likeness (QED) is 0.744. The summed E-state index contributed by atoms with van der Waals surface area (Å²) in [5.41, 5.74) is 2.39. The van der Waals surface area contributed by atoms with Gasteiger partial charge in [-0.05, 0) is 30.9 Å². The summed E-state index contributed by atoms with van der Waals surface area (Å²) in [6, 6.07) is 8.80. The Morgan fingerprint density at radius 1 is 1.10 bits per heavy atom. The van der Waals surface area contributed by atoms with E-state index in [1.165, 1.54) is 10.9 Å². The monoisotopic (exact) mass is 287 g/mol. The molecule has 0 aliphatic carbocycles. The second-order valence-electron chi connectivity index (χ2n) is 6.32. The van der Waals surface area contributed by atoms with Crippen LogP contribution in [0.15, 0.2) is 28.7 Å². The summed E-state index contributed by atoms with van der Waals surface area (Å²) >= 11 is 0. The molecular weight excluding hydrogens is 258 g/mol. The summed E-state index contributed by atoms with van der Waals surface area (Å²) in [6.45, 7) is 12.4. The molecule has 0 saturated carbocycles. The lowest BCUT2D eigenvalue weighted by Crippen LogP contribution is -2.30. The van der Waals surface area contributed by atoms with Crippen molar-refractivity contribution < 1.29 is 4.42 Å². The Balaban J connectivity index is 2.51. The predicted octanol–water partition coefficient (Wildman–Crippen LogP) is 5.33. The number of nitrogens with one attached hydrogen (secondary N) is 1. The van der Waals surface area contributed by atoms with E-state index in [1.54, 1.807) is 0 Å². The van der Waals surface area contributed by atoms with Crippen LogP contribution >= 0.6 is 0 Å². The molecule has 116 valence electrons. The minimum Gasteiger partial charge on any atom is -0.461 e. The van der Waals surface area contributed by atoms with Crippen LogP contribution in [0.4, 0.5) is 0 Å². The largest absolute Gasteiger partial charge is 0.461 e. The maximum Gasteiger partial charge on any atom is 0.134 e. The predicted molar refractivity (Wildman–Crippen MR) is 90.6 cm³/mol. The molecule has 1 aromatic carbocycles. The lowest BCUT2D eigenvalue weighted by atomic mass is 9.84. The van der Waals surface area contributed by atoms with Crippen LogP contribution in [0.25, 0.3) is 11.0 Å². The molecule has 1 heterocycles. The highest BCUT2D eigenvalue weighted by Gasteiger charge is 2.27. The summed E-state index contributed by atoms with van der Waals surface area (Å²) in [4.78, 5) is 0. The molecule has 0 spiro atoms. The van der Waals surface area contributed by atoms with Gasteiger partial charge in [-0.2, -0.15) is 0 Å². The Bertz CT molecular complexity index is 570. The number of aryl methyl sites for hydroxylation is 1. The van der Waals surface area contributed by atoms with Crippen molar-refractivity contribution in [3.8, 4) is 0 Å². The van der Waals surface area contributed by atoms with Gasteiger partial charge in [0.2, 0.25) is 0 Å². The van der Waals surface area contributed by atoms with Crippen molar-refractivity contribution in [3.05, 3.63) is 35.6 Å². The van der Waals surface area contributed by atoms with Gasteiger partial charge in [0.1, 0.15) is 11.3 Å². The lowest BCUT2D eigenvalue weighted by molar-refractivity contribution is 0.301. The topological polar surface area (TPSA) is 25.2 Å². The van der Waals surface area contributed by atoms with Crippen molar-refractivity contribution >= 4 is 11.0 Å². The summed E-state index contributed by atoms with van der Waals surface area (Å²) in [6.07, 6.45) is 2.09. The standard InChI is InChI=1S/C19H29NO/c1-6-12-20-19(14(5)13(3)4)18-15-10-8-9-11-17(15)21-16(18)7-2/h8-11,13-14,19-20H,6-7,12H2,1-5H3. The summed E-state index contributed by atoms with van der Waals surface area (Å²) in [5, 5.41) is 5.03. The summed E-state index contributed by atoms with van der Waals surface area (Å²) in [5.74, 6) is 2.35. The van der Waals surface area contributed by atoms with Gasteiger partial charge in [0.05, 0.1) is 0 Å². The molecule has 0 radical (unpaired) electrons. The van der Waals surface area contributed by atoms with Crippen LogP contribution in [0, 0.1) is 11.8 Å². The number of fused-ring (bicyclic) bond motifs is 1. The van der Waals surface area contributed by atoms with E-state index < -0.39 is 0 Å². The molecule has 2 aromatic rings. The molecule has 1 aromatic heterocycles. The van der Waals surface area contributed by atoms with Gasteiger partial charge in [0, 0.05) is 23.4 Å². The number of hydrogen-bond donors (Lipinski definition) is 1. The number of para-hydroxylation sites is 1. The first-order valence-electron chi connectivity index (χ1n) is 8.33. The maximum atomic E-state index is 6.10. The maximum absolute atomic E-state index is 6.10. The zero-order valence-electron chi connectivity index (χ0n) is 14.1. The second-order valence-corrected chi connectivity index (χ2v) is 6.32. The molecule has 0 saturated heterocycles. The van der Waals surface area contributed by atoms with Crippen LogP contribution in [0.2, 0.25) is 0 Å². The van der Waals surface area contributed by atoms with Crippen molar-refractivity contribution in [1.82, 2.24) is 5.32 Å². The highest BCUT2D eigenvalue weighted by molar-refractivity contribution is 5.82. The average molecular weight is 287 g/mol. The van der Waals surface area contributed by atoms with Crippen molar-refractivity contribution in [2.24, 2.45) is 11.8 Å². The molecular formula is C19H29NO. The molecule has 0 aliphatic rings. The first kappa shape index (κ1) is 16.1. The first-order chi connectivity index (χ1) is 10.1. The van der Waals surface area contributed by atoms with Gasteiger partial charge in [-0.25, -0.2) is 0 Å². The van der Waals surface area contributed by atoms with Gasteiger partial charge < -0.3 is 9.73 Å². The van der Waals surface area contributed by atoms with Gasteiger partial charge in [0.15, 0.2) is 0 Å². The molecule has 0 amide bonds. The van der Waals surface area contributed by atoms with E-state index in [1.807, 2.05) is 0 Å². The van der Waals surface area contributed by atoms with Gasteiger partial charge in [0.25, 0.3) is 0 Å². The normalized spacial score (nSPS) is 14.8.